The van der Waals surface area contributed by atoms with E-state index >= 15 is 0 Å². The summed E-state index contributed by atoms with van der Waals surface area (Å²) in [5, 5.41) is 0. The van der Waals surface area contributed by atoms with Gasteiger partial charge in [0.05, 0.1) is 12.7 Å². The van der Waals surface area contributed by atoms with Gasteiger partial charge in [0.25, 0.3) is 0 Å². The molecule has 0 atom stereocenters. The van der Waals surface area contributed by atoms with Gasteiger partial charge in [0.2, 0.25) is 0 Å². The molecule has 98 valence electrons. The predicted octanol–water partition coefficient (Wildman–Crippen LogP) is 3.36. The molecular weight excluding hydrogens is 240 g/mol. The summed E-state index contributed by atoms with van der Waals surface area (Å²) in [5.41, 5.74) is 2.75. The van der Waals surface area contributed by atoms with E-state index in [4.69, 9.17) is 4.74 Å². The number of hydrogen-bond acceptors (Lipinski definition) is 3. The number of aryl methyl sites for hydroxylation is 1. The minimum Gasteiger partial charge on any atom is -0.489 e. The van der Waals surface area contributed by atoms with Crippen molar-refractivity contribution in [2.24, 2.45) is 0 Å². The lowest BCUT2D eigenvalue weighted by Gasteiger charge is -2.07. The Morgan fingerprint density at radius 1 is 1.00 bits per heavy atom. The highest BCUT2D eigenvalue weighted by atomic mass is 16.5. The lowest BCUT2D eigenvalue weighted by molar-refractivity contribution is 0.0600. The Labute approximate surface area is 112 Å². The number of esters is 1. The van der Waals surface area contributed by atoms with E-state index in [-0.39, 0.29) is 5.97 Å². The van der Waals surface area contributed by atoms with Crippen LogP contribution >= 0.6 is 0 Å². The molecule has 0 amide bonds. The summed E-state index contributed by atoms with van der Waals surface area (Å²) >= 11 is 0. The number of carbonyl (C=O) groups excluding carboxylic acids is 1. The molecule has 0 aromatic heterocycles. The van der Waals surface area contributed by atoms with Crippen LogP contribution in [0.1, 0.15) is 21.5 Å². The van der Waals surface area contributed by atoms with Gasteiger partial charge >= 0.3 is 5.97 Å². The van der Waals surface area contributed by atoms with Gasteiger partial charge in [0.1, 0.15) is 12.4 Å². The van der Waals surface area contributed by atoms with Crippen molar-refractivity contribution in [2.45, 2.75) is 13.5 Å². The zero-order valence-electron chi connectivity index (χ0n) is 11.1. The average Bonchev–Trinajstić information content (AvgIpc) is 2.46. The highest BCUT2D eigenvalue weighted by Crippen LogP contribution is 2.14. The molecule has 0 heterocycles. The molecule has 0 radical (unpaired) electrons. The standard InChI is InChI=1S/C16H16O3/c1-12-3-9-15(10-4-12)19-11-13-5-7-14(8-6-13)16(17)18-2/h3-10H,11H2,1-2H3. The molecular formula is C16H16O3. The van der Waals surface area contributed by atoms with Crippen molar-refractivity contribution in [2.75, 3.05) is 7.11 Å². The van der Waals surface area contributed by atoms with Crippen LogP contribution in [0, 0.1) is 6.92 Å². The molecule has 0 aliphatic carbocycles. The smallest absolute Gasteiger partial charge is 0.337 e. The average molecular weight is 256 g/mol. The number of carbonyl (C=O) groups is 1. The minimum absolute atomic E-state index is 0.328. The van der Waals surface area contributed by atoms with Crippen LogP contribution in [0.3, 0.4) is 0 Å². The van der Waals surface area contributed by atoms with Crippen LogP contribution < -0.4 is 4.74 Å². The van der Waals surface area contributed by atoms with Crippen molar-refractivity contribution in [3.05, 3.63) is 65.2 Å². The molecule has 3 nitrogen and oxygen atoms in total. The van der Waals surface area contributed by atoms with Crippen molar-refractivity contribution in [3.8, 4) is 5.75 Å². The van der Waals surface area contributed by atoms with Crippen LogP contribution in [-0.2, 0) is 11.3 Å². The second kappa shape index (κ2) is 6.05. The van der Waals surface area contributed by atoms with E-state index in [0.717, 1.165) is 11.3 Å². The van der Waals surface area contributed by atoms with E-state index < -0.39 is 0 Å². The summed E-state index contributed by atoms with van der Waals surface area (Å²) in [5.74, 6) is 0.508. The first-order valence-electron chi connectivity index (χ1n) is 6.06. The third-order valence-corrected chi connectivity index (χ3v) is 2.80. The zero-order valence-corrected chi connectivity index (χ0v) is 11.1. The minimum atomic E-state index is -0.328. The van der Waals surface area contributed by atoms with Gasteiger partial charge in [-0.25, -0.2) is 4.79 Å². The fourth-order valence-corrected chi connectivity index (χ4v) is 1.66. The molecule has 3 heteroatoms. The number of benzene rings is 2. The van der Waals surface area contributed by atoms with E-state index in [2.05, 4.69) is 4.74 Å². The zero-order chi connectivity index (χ0) is 13.7. The van der Waals surface area contributed by atoms with Crippen molar-refractivity contribution in [3.63, 3.8) is 0 Å². The number of ether oxygens (including phenoxy) is 2. The molecule has 0 fully saturated rings. The number of hydrogen-bond donors (Lipinski definition) is 0. The Morgan fingerprint density at radius 3 is 2.21 bits per heavy atom. The summed E-state index contributed by atoms with van der Waals surface area (Å²) in [6.07, 6.45) is 0. The summed E-state index contributed by atoms with van der Waals surface area (Å²) in [7, 11) is 1.37. The van der Waals surface area contributed by atoms with E-state index in [0.29, 0.717) is 12.2 Å². The van der Waals surface area contributed by atoms with Gasteiger partial charge in [-0.3, -0.25) is 0 Å². The van der Waals surface area contributed by atoms with Gasteiger partial charge in [0, 0.05) is 0 Å². The number of rotatable bonds is 4. The SMILES string of the molecule is COC(=O)c1ccc(COc2ccc(C)cc2)cc1. The molecule has 0 spiro atoms. The van der Waals surface area contributed by atoms with E-state index in [1.54, 1.807) is 12.1 Å². The summed E-state index contributed by atoms with van der Waals surface area (Å²) < 4.78 is 10.3. The Bertz CT molecular complexity index is 541. The topological polar surface area (TPSA) is 35.5 Å². The lowest BCUT2D eigenvalue weighted by Crippen LogP contribution is -2.01. The third-order valence-electron chi connectivity index (χ3n) is 2.80. The third kappa shape index (κ3) is 3.58. The maximum atomic E-state index is 11.3. The lowest BCUT2D eigenvalue weighted by atomic mass is 10.1. The molecule has 2 rings (SSSR count). The van der Waals surface area contributed by atoms with Crippen molar-refractivity contribution >= 4 is 5.97 Å². The predicted molar refractivity (Wildman–Crippen MR) is 73.3 cm³/mol. The summed E-state index contributed by atoms with van der Waals surface area (Å²) in [6, 6.07) is 15.1. The molecule has 0 aliphatic heterocycles. The highest BCUT2D eigenvalue weighted by molar-refractivity contribution is 5.89. The fourth-order valence-electron chi connectivity index (χ4n) is 1.66. The van der Waals surface area contributed by atoms with Crippen LogP contribution in [0.2, 0.25) is 0 Å². The van der Waals surface area contributed by atoms with Crippen molar-refractivity contribution in [1.29, 1.82) is 0 Å². The Morgan fingerprint density at radius 2 is 1.63 bits per heavy atom. The van der Waals surface area contributed by atoms with Gasteiger partial charge < -0.3 is 9.47 Å². The van der Waals surface area contributed by atoms with Crippen LogP contribution in [0.25, 0.3) is 0 Å². The first kappa shape index (κ1) is 13.1. The molecule has 0 bridgehead atoms. The van der Waals surface area contributed by atoms with Gasteiger partial charge in [0.15, 0.2) is 0 Å². The van der Waals surface area contributed by atoms with Gasteiger partial charge in [-0.1, -0.05) is 29.8 Å². The molecule has 2 aromatic carbocycles. The summed E-state index contributed by atoms with van der Waals surface area (Å²) in [4.78, 5) is 11.3. The second-order valence-corrected chi connectivity index (χ2v) is 4.29. The van der Waals surface area contributed by atoms with E-state index in [1.807, 2.05) is 43.3 Å². The molecule has 0 unspecified atom stereocenters. The molecule has 0 saturated heterocycles. The van der Waals surface area contributed by atoms with E-state index in [9.17, 15) is 4.79 Å². The fraction of sp³-hybridized carbons (Fsp3) is 0.188. The van der Waals surface area contributed by atoms with E-state index in [1.165, 1.54) is 12.7 Å². The quantitative estimate of drug-likeness (QED) is 0.787. The van der Waals surface area contributed by atoms with Crippen LogP contribution in [0.15, 0.2) is 48.5 Å². The Balaban J connectivity index is 1.96. The largest absolute Gasteiger partial charge is 0.489 e. The van der Waals surface area contributed by atoms with Gasteiger partial charge in [-0.2, -0.15) is 0 Å². The highest BCUT2D eigenvalue weighted by Gasteiger charge is 2.04. The maximum Gasteiger partial charge on any atom is 0.337 e. The van der Waals surface area contributed by atoms with Crippen molar-refractivity contribution in [1.82, 2.24) is 0 Å². The van der Waals surface area contributed by atoms with Gasteiger partial charge in [-0.05, 0) is 36.8 Å². The monoisotopic (exact) mass is 256 g/mol. The Kier molecular flexibility index (Phi) is 4.18. The molecule has 0 aliphatic rings. The van der Waals surface area contributed by atoms with Crippen LogP contribution in [0.4, 0.5) is 0 Å². The first-order valence-corrected chi connectivity index (χ1v) is 6.06. The van der Waals surface area contributed by atoms with Crippen molar-refractivity contribution < 1.29 is 14.3 Å². The number of methoxy groups -OCH3 is 1. The van der Waals surface area contributed by atoms with Gasteiger partial charge in [-0.15, -0.1) is 0 Å². The normalized spacial score (nSPS) is 10.0. The second-order valence-electron chi connectivity index (χ2n) is 4.29. The summed E-state index contributed by atoms with van der Waals surface area (Å²) in [6.45, 7) is 2.51. The Hall–Kier alpha value is -2.29. The molecule has 2 aromatic rings. The first-order chi connectivity index (χ1) is 9.19. The van der Waals surface area contributed by atoms with Crippen LogP contribution in [0.5, 0.6) is 5.75 Å². The molecule has 0 N–H and O–H groups in total. The molecule has 19 heavy (non-hydrogen) atoms. The van der Waals surface area contributed by atoms with Crippen LogP contribution in [-0.4, -0.2) is 13.1 Å². The maximum absolute atomic E-state index is 11.3. The molecule has 0 saturated carbocycles.